The molecule has 1 aromatic carbocycles. The van der Waals surface area contributed by atoms with E-state index in [4.69, 9.17) is 4.74 Å². The summed E-state index contributed by atoms with van der Waals surface area (Å²) in [7, 11) is -1.28. The Bertz CT molecular complexity index is 727. The van der Waals surface area contributed by atoms with Gasteiger partial charge in [-0.15, -0.1) is 0 Å². The third-order valence-electron chi connectivity index (χ3n) is 4.04. The van der Waals surface area contributed by atoms with Crippen molar-refractivity contribution in [3.8, 4) is 0 Å². The molecule has 138 valence electrons. The molecule has 25 heavy (non-hydrogen) atoms. The van der Waals surface area contributed by atoms with Crippen LogP contribution in [0.4, 0.5) is 0 Å². The van der Waals surface area contributed by atoms with Crippen LogP contribution in [-0.2, 0) is 24.4 Å². The van der Waals surface area contributed by atoms with E-state index in [1.54, 1.807) is 0 Å². The number of sulfonamides is 1. The van der Waals surface area contributed by atoms with Gasteiger partial charge in [-0.1, -0.05) is 4.47 Å². The van der Waals surface area contributed by atoms with Gasteiger partial charge in [0.05, 0.1) is 17.6 Å². The zero-order valence-corrected chi connectivity index (χ0v) is 15.2. The van der Waals surface area contributed by atoms with Crippen LogP contribution < -0.4 is 5.32 Å². The van der Waals surface area contributed by atoms with Gasteiger partial charge in [0.2, 0.25) is 0 Å². The smallest absolute Gasteiger partial charge is 0.338 e. The Morgan fingerprint density at radius 1 is 1.28 bits per heavy atom. The molecule has 0 bridgehead atoms. The second-order valence-electron chi connectivity index (χ2n) is 5.89. The summed E-state index contributed by atoms with van der Waals surface area (Å²) in [6.07, 6.45) is 2.21. The van der Waals surface area contributed by atoms with Crippen molar-refractivity contribution in [1.29, 1.82) is 0 Å². The molecule has 1 aromatic rings. The highest BCUT2D eigenvalue weighted by atomic mass is 32.2. The molecule has 1 atom stereocenters. The number of rotatable bonds is 8. The molecule has 0 heterocycles. The van der Waals surface area contributed by atoms with Crippen LogP contribution >= 0.6 is 0 Å². The molecule has 8 nitrogen and oxygen atoms in total. The van der Waals surface area contributed by atoms with Crippen molar-refractivity contribution < 1.29 is 27.6 Å². The highest BCUT2D eigenvalue weighted by Gasteiger charge is 2.29. The number of hydrogen-bond acceptors (Lipinski definition) is 6. The van der Waals surface area contributed by atoms with E-state index in [0.717, 1.165) is 12.8 Å². The number of ether oxygens (including phenoxy) is 1. The van der Waals surface area contributed by atoms with Gasteiger partial charge in [-0.3, -0.25) is 9.63 Å². The Hall–Kier alpha value is -1.97. The van der Waals surface area contributed by atoms with Crippen LogP contribution in [0, 0.1) is 5.92 Å². The van der Waals surface area contributed by atoms with Gasteiger partial charge in [0.1, 0.15) is 0 Å². The Balaban J connectivity index is 1.90. The van der Waals surface area contributed by atoms with Crippen LogP contribution in [0.25, 0.3) is 0 Å². The van der Waals surface area contributed by atoms with Crippen molar-refractivity contribution in [3.05, 3.63) is 29.8 Å². The van der Waals surface area contributed by atoms with Gasteiger partial charge in [0.25, 0.3) is 15.9 Å². The number of nitrogens with zero attached hydrogens (tertiary/aromatic N) is 1. The summed E-state index contributed by atoms with van der Waals surface area (Å²) >= 11 is 0. The topological polar surface area (TPSA) is 102 Å². The number of hydroxylamine groups is 1. The molecule has 1 fully saturated rings. The number of carbonyl (C=O) groups is 2. The van der Waals surface area contributed by atoms with Crippen molar-refractivity contribution in [2.45, 2.75) is 30.7 Å². The minimum absolute atomic E-state index is 0.0237. The standard InChI is InChI=1S/C16H22N2O6S/c1-11(12-4-5-12)17-15(19)10-24-16(20)13-6-8-14(9-7-13)25(21,22)18(2)23-3/h6-9,11-12H,4-5,10H2,1-3H3,(H,17,19)/t11-/m0/s1. The van der Waals surface area contributed by atoms with Crippen LogP contribution in [0.3, 0.4) is 0 Å². The predicted octanol–water partition coefficient (Wildman–Crippen LogP) is 0.940. The quantitative estimate of drug-likeness (QED) is 0.540. The normalized spacial score (nSPS) is 15.7. The van der Waals surface area contributed by atoms with E-state index in [9.17, 15) is 18.0 Å². The number of hydrogen-bond donors (Lipinski definition) is 1. The molecule has 2 rings (SSSR count). The summed E-state index contributed by atoms with van der Waals surface area (Å²) in [4.78, 5) is 28.3. The van der Waals surface area contributed by atoms with Gasteiger partial charge >= 0.3 is 5.97 Å². The van der Waals surface area contributed by atoms with Gasteiger partial charge in [-0.2, -0.15) is 0 Å². The molecule has 0 aliphatic heterocycles. The zero-order chi connectivity index (χ0) is 18.6. The third kappa shape index (κ3) is 5.00. The molecule has 1 aliphatic carbocycles. The predicted molar refractivity (Wildman–Crippen MR) is 89.0 cm³/mol. The minimum atomic E-state index is -3.78. The second-order valence-corrected chi connectivity index (χ2v) is 7.83. The minimum Gasteiger partial charge on any atom is -0.452 e. The first kappa shape index (κ1) is 19.4. The number of nitrogens with one attached hydrogen (secondary N) is 1. The Morgan fingerprint density at radius 2 is 1.88 bits per heavy atom. The monoisotopic (exact) mass is 370 g/mol. The number of benzene rings is 1. The molecule has 9 heteroatoms. The first-order chi connectivity index (χ1) is 11.8. The fourth-order valence-electron chi connectivity index (χ4n) is 2.23. The van der Waals surface area contributed by atoms with Crippen molar-refractivity contribution in [2.75, 3.05) is 20.8 Å². The average molecular weight is 370 g/mol. The number of esters is 1. The van der Waals surface area contributed by atoms with Crippen molar-refractivity contribution in [1.82, 2.24) is 9.79 Å². The molecular weight excluding hydrogens is 348 g/mol. The van der Waals surface area contributed by atoms with Crippen LogP contribution in [0.5, 0.6) is 0 Å². The average Bonchev–Trinajstić information content (AvgIpc) is 3.44. The molecule has 1 saturated carbocycles. The molecule has 1 aliphatic rings. The van der Waals surface area contributed by atoms with E-state index in [0.29, 0.717) is 10.4 Å². The Kier molecular flexibility index (Phi) is 6.15. The van der Waals surface area contributed by atoms with Crippen molar-refractivity contribution in [3.63, 3.8) is 0 Å². The summed E-state index contributed by atoms with van der Waals surface area (Å²) in [5.41, 5.74) is 0.155. The molecule has 1 N–H and O–H groups in total. The van der Waals surface area contributed by atoms with Crippen LogP contribution in [-0.4, -0.2) is 51.6 Å². The van der Waals surface area contributed by atoms with Gasteiger partial charge in [0.15, 0.2) is 6.61 Å². The van der Waals surface area contributed by atoms with Gasteiger partial charge in [0, 0.05) is 13.1 Å². The Morgan fingerprint density at radius 3 is 2.40 bits per heavy atom. The lowest BCUT2D eigenvalue weighted by atomic mass is 10.2. The van der Waals surface area contributed by atoms with Crippen molar-refractivity contribution >= 4 is 21.9 Å². The number of carbonyl (C=O) groups excluding carboxylic acids is 2. The maximum Gasteiger partial charge on any atom is 0.338 e. The molecule has 1 amide bonds. The summed E-state index contributed by atoms with van der Waals surface area (Å²) in [6.45, 7) is 1.55. The number of amides is 1. The third-order valence-corrected chi connectivity index (χ3v) is 5.73. The fourth-order valence-corrected chi connectivity index (χ4v) is 3.21. The maximum atomic E-state index is 12.1. The van der Waals surface area contributed by atoms with Gasteiger partial charge in [-0.05, 0) is 49.9 Å². The van der Waals surface area contributed by atoms with E-state index in [2.05, 4.69) is 10.2 Å². The summed E-state index contributed by atoms with van der Waals surface area (Å²) in [5, 5.41) is 2.78. The largest absolute Gasteiger partial charge is 0.452 e. The van der Waals surface area contributed by atoms with Crippen LogP contribution in [0.15, 0.2) is 29.2 Å². The van der Waals surface area contributed by atoms with Crippen LogP contribution in [0.2, 0.25) is 0 Å². The summed E-state index contributed by atoms with van der Waals surface area (Å²) < 4.78 is 29.8. The first-order valence-electron chi connectivity index (χ1n) is 7.85. The van der Waals surface area contributed by atoms with E-state index in [1.165, 1.54) is 38.4 Å². The summed E-state index contributed by atoms with van der Waals surface area (Å²) in [6, 6.07) is 5.27. The lowest BCUT2D eigenvalue weighted by Gasteiger charge is -2.14. The van der Waals surface area contributed by atoms with E-state index < -0.39 is 16.0 Å². The molecule has 0 aromatic heterocycles. The van der Waals surface area contributed by atoms with E-state index in [-0.39, 0.29) is 29.0 Å². The fraction of sp³-hybridized carbons (Fsp3) is 0.500. The first-order valence-corrected chi connectivity index (χ1v) is 9.29. The molecular formula is C16H22N2O6S. The molecule has 0 spiro atoms. The zero-order valence-electron chi connectivity index (χ0n) is 14.4. The maximum absolute atomic E-state index is 12.1. The molecule has 0 radical (unpaired) electrons. The van der Waals surface area contributed by atoms with Crippen molar-refractivity contribution in [2.24, 2.45) is 5.92 Å². The second kappa shape index (κ2) is 7.94. The highest BCUT2D eigenvalue weighted by Crippen LogP contribution is 2.32. The lowest BCUT2D eigenvalue weighted by molar-refractivity contribution is -0.124. The SMILES string of the molecule is CON(C)S(=O)(=O)c1ccc(C(=O)OCC(=O)N[C@@H](C)C2CC2)cc1. The van der Waals surface area contributed by atoms with Gasteiger partial charge in [-0.25, -0.2) is 13.2 Å². The van der Waals surface area contributed by atoms with E-state index in [1.807, 2.05) is 6.92 Å². The van der Waals surface area contributed by atoms with Gasteiger partial charge < -0.3 is 10.1 Å². The van der Waals surface area contributed by atoms with Crippen LogP contribution in [0.1, 0.15) is 30.1 Å². The van der Waals surface area contributed by atoms with E-state index >= 15 is 0 Å². The summed E-state index contributed by atoms with van der Waals surface area (Å²) in [5.74, 6) is -0.536. The Labute approximate surface area is 147 Å². The molecule has 0 saturated heterocycles. The lowest BCUT2D eigenvalue weighted by Crippen LogP contribution is -2.37. The molecule has 0 unspecified atom stereocenters. The highest BCUT2D eigenvalue weighted by molar-refractivity contribution is 7.89.